The third-order valence-corrected chi connectivity index (χ3v) is 7.97. The summed E-state index contributed by atoms with van der Waals surface area (Å²) in [4.78, 5) is 32.8. The number of primary amides is 1. The molecule has 2 amide bonds. The van der Waals surface area contributed by atoms with E-state index >= 15 is 0 Å². The fraction of sp³-hybridized carbons (Fsp3) is 0.552. The van der Waals surface area contributed by atoms with Gasteiger partial charge in [0.1, 0.15) is 17.5 Å². The van der Waals surface area contributed by atoms with Crippen LogP contribution in [0.2, 0.25) is 0 Å². The largest absolute Gasteiger partial charge is 0.492 e. The number of carbonyl (C=O) groups excluding carboxylic acids is 2. The predicted octanol–water partition coefficient (Wildman–Crippen LogP) is 4.46. The van der Waals surface area contributed by atoms with Crippen molar-refractivity contribution in [2.75, 3.05) is 32.8 Å². The Bertz CT molecular complexity index is 1050. The lowest BCUT2D eigenvalue weighted by atomic mass is 9.94. The number of nitrogens with zero attached hydrogens (tertiary/aromatic N) is 3. The molecular weight excluding hydrogens is 471 g/mol. The molecule has 1 aromatic carbocycles. The maximum absolute atomic E-state index is 14.7. The van der Waals surface area contributed by atoms with Crippen LogP contribution in [-0.4, -0.2) is 71.1 Å². The van der Waals surface area contributed by atoms with Crippen LogP contribution in [0.3, 0.4) is 0 Å². The Morgan fingerprint density at radius 1 is 1.05 bits per heavy atom. The van der Waals surface area contributed by atoms with E-state index in [1.165, 1.54) is 0 Å². The van der Waals surface area contributed by atoms with Gasteiger partial charge in [0, 0.05) is 24.2 Å². The Kier molecular flexibility index (Phi) is 8.79. The van der Waals surface area contributed by atoms with Crippen molar-refractivity contribution in [1.82, 2.24) is 14.8 Å². The SMILES string of the molecule is CCC(F)(CC)CN1CCC(COc2ccc(-c3ccc(C(=O)N4CCC[C@H]4C(N)=O)cc3)nc2)CC1. The summed E-state index contributed by atoms with van der Waals surface area (Å²) in [5, 5.41) is 0. The summed E-state index contributed by atoms with van der Waals surface area (Å²) < 4.78 is 20.7. The lowest BCUT2D eigenvalue weighted by Crippen LogP contribution is -2.44. The fourth-order valence-electron chi connectivity index (χ4n) is 5.29. The molecule has 200 valence electrons. The molecule has 0 unspecified atom stereocenters. The number of halogens is 1. The number of piperidine rings is 1. The average Bonchev–Trinajstić information content (AvgIpc) is 3.43. The molecular formula is C29H39FN4O3. The first-order valence-corrected chi connectivity index (χ1v) is 13.5. The van der Waals surface area contributed by atoms with E-state index in [-0.39, 0.29) is 5.91 Å². The summed E-state index contributed by atoms with van der Waals surface area (Å²) in [7, 11) is 0. The molecule has 8 heteroatoms. The number of ether oxygens (including phenoxy) is 1. The van der Waals surface area contributed by atoms with Gasteiger partial charge in [-0.25, -0.2) is 4.39 Å². The van der Waals surface area contributed by atoms with Crippen LogP contribution in [0, 0.1) is 5.92 Å². The minimum Gasteiger partial charge on any atom is -0.492 e. The van der Waals surface area contributed by atoms with E-state index in [2.05, 4.69) is 9.88 Å². The van der Waals surface area contributed by atoms with Crippen LogP contribution in [0.25, 0.3) is 11.3 Å². The molecule has 2 saturated heterocycles. The van der Waals surface area contributed by atoms with Gasteiger partial charge >= 0.3 is 0 Å². The minimum atomic E-state index is -1.07. The smallest absolute Gasteiger partial charge is 0.254 e. The highest BCUT2D eigenvalue weighted by molar-refractivity contribution is 5.98. The molecule has 2 aliphatic rings. The zero-order valence-electron chi connectivity index (χ0n) is 22.0. The van der Waals surface area contributed by atoms with Crippen molar-refractivity contribution in [3.05, 3.63) is 48.2 Å². The van der Waals surface area contributed by atoms with E-state index < -0.39 is 17.6 Å². The van der Waals surface area contributed by atoms with Crippen LogP contribution in [0.5, 0.6) is 5.75 Å². The molecule has 0 saturated carbocycles. The number of aromatic nitrogens is 1. The highest BCUT2D eigenvalue weighted by Crippen LogP contribution is 2.27. The van der Waals surface area contributed by atoms with Crippen LogP contribution >= 0.6 is 0 Å². The van der Waals surface area contributed by atoms with Gasteiger partial charge in [0.05, 0.1) is 18.5 Å². The highest BCUT2D eigenvalue weighted by Gasteiger charge is 2.33. The first-order valence-electron chi connectivity index (χ1n) is 13.5. The number of nitrogens with two attached hydrogens (primary N) is 1. The summed E-state index contributed by atoms with van der Waals surface area (Å²) >= 11 is 0. The number of benzene rings is 1. The second kappa shape index (κ2) is 12.0. The maximum atomic E-state index is 14.7. The van der Waals surface area contributed by atoms with E-state index in [4.69, 9.17) is 10.5 Å². The number of amides is 2. The highest BCUT2D eigenvalue weighted by atomic mass is 19.1. The first kappa shape index (κ1) is 27.0. The van der Waals surface area contributed by atoms with Crippen LogP contribution in [-0.2, 0) is 4.79 Å². The monoisotopic (exact) mass is 510 g/mol. The zero-order valence-corrected chi connectivity index (χ0v) is 22.0. The Morgan fingerprint density at radius 2 is 1.76 bits per heavy atom. The van der Waals surface area contributed by atoms with E-state index in [1.807, 2.05) is 38.1 Å². The van der Waals surface area contributed by atoms with Crippen molar-refractivity contribution >= 4 is 11.8 Å². The number of pyridine rings is 1. The van der Waals surface area contributed by atoms with E-state index in [0.717, 1.165) is 49.4 Å². The van der Waals surface area contributed by atoms with Crippen LogP contribution < -0.4 is 10.5 Å². The molecule has 2 N–H and O–H groups in total. The van der Waals surface area contributed by atoms with Gasteiger partial charge in [-0.3, -0.25) is 14.6 Å². The van der Waals surface area contributed by atoms with Crippen molar-refractivity contribution in [3.8, 4) is 17.0 Å². The molecule has 0 aliphatic carbocycles. The molecule has 2 aromatic rings. The average molecular weight is 511 g/mol. The lowest BCUT2D eigenvalue weighted by Gasteiger charge is -2.36. The quantitative estimate of drug-likeness (QED) is 0.510. The molecule has 4 rings (SSSR count). The number of hydrogen-bond donors (Lipinski definition) is 1. The summed E-state index contributed by atoms with van der Waals surface area (Å²) in [6.45, 7) is 7.39. The van der Waals surface area contributed by atoms with Gasteiger partial charge in [-0.05, 0) is 81.8 Å². The van der Waals surface area contributed by atoms with E-state index in [1.54, 1.807) is 23.2 Å². The summed E-state index contributed by atoms with van der Waals surface area (Å²) in [5.41, 5.74) is 6.59. The zero-order chi connectivity index (χ0) is 26.4. The van der Waals surface area contributed by atoms with E-state index in [0.29, 0.717) is 50.4 Å². The molecule has 37 heavy (non-hydrogen) atoms. The van der Waals surface area contributed by atoms with Gasteiger partial charge in [-0.2, -0.15) is 0 Å². The Hall–Kier alpha value is -3.00. The van der Waals surface area contributed by atoms with Crippen molar-refractivity contribution in [2.24, 2.45) is 11.7 Å². The van der Waals surface area contributed by atoms with Crippen LogP contribution in [0.15, 0.2) is 42.6 Å². The third-order valence-electron chi connectivity index (χ3n) is 7.97. The van der Waals surface area contributed by atoms with Crippen LogP contribution in [0.1, 0.15) is 62.7 Å². The molecule has 7 nitrogen and oxygen atoms in total. The molecule has 2 fully saturated rings. The topological polar surface area (TPSA) is 88.8 Å². The first-order chi connectivity index (χ1) is 17.8. The Labute approximate surface area is 219 Å². The van der Waals surface area contributed by atoms with Gasteiger partial charge in [0.25, 0.3) is 5.91 Å². The molecule has 0 radical (unpaired) electrons. The van der Waals surface area contributed by atoms with E-state index in [9.17, 15) is 14.0 Å². The number of carbonyl (C=O) groups is 2. The van der Waals surface area contributed by atoms with Gasteiger partial charge in [-0.15, -0.1) is 0 Å². The second-order valence-electron chi connectivity index (χ2n) is 10.4. The van der Waals surface area contributed by atoms with Crippen molar-refractivity contribution in [1.29, 1.82) is 0 Å². The fourth-order valence-corrected chi connectivity index (χ4v) is 5.29. The summed E-state index contributed by atoms with van der Waals surface area (Å²) in [5.74, 6) is 0.564. The summed E-state index contributed by atoms with van der Waals surface area (Å²) in [6, 6.07) is 10.6. The number of hydrogen-bond acceptors (Lipinski definition) is 5. The number of likely N-dealkylation sites (tertiary alicyclic amines) is 2. The van der Waals surface area contributed by atoms with Crippen LogP contribution in [0.4, 0.5) is 4.39 Å². The lowest BCUT2D eigenvalue weighted by molar-refractivity contribution is -0.121. The molecule has 0 spiro atoms. The van der Waals surface area contributed by atoms with Gasteiger partial charge in [-0.1, -0.05) is 26.0 Å². The number of alkyl halides is 1. The van der Waals surface area contributed by atoms with Gasteiger partial charge in [0.15, 0.2) is 0 Å². The molecule has 1 aromatic heterocycles. The maximum Gasteiger partial charge on any atom is 0.254 e. The minimum absolute atomic E-state index is 0.171. The molecule has 1 atom stereocenters. The third kappa shape index (κ3) is 6.66. The van der Waals surface area contributed by atoms with Crippen molar-refractivity contribution in [3.63, 3.8) is 0 Å². The van der Waals surface area contributed by atoms with Crippen molar-refractivity contribution in [2.45, 2.75) is 64.1 Å². The molecule has 3 heterocycles. The Morgan fingerprint density at radius 3 is 2.35 bits per heavy atom. The molecule has 0 bridgehead atoms. The van der Waals surface area contributed by atoms with Gasteiger partial charge < -0.3 is 20.3 Å². The Balaban J connectivity index is 1.26. The predicted molar refractivity (Wildman–Crippen MR) is 142 cm³/mol. The summed E-state index contributed by atoms with van der Waals surface area (Å²) in [6.07, 6.45) is 6.28. The normalized spacial score (nSPS) is 19.2. The van der Waals surface area contributed by atoms with Gasteiger partial charge in [0.2, 0.25) is 5.91 Å². The van der Waals surface area contributed by atoms with Crippen molar-refractivity contribution < 1.29 is 18.7 Å². The second-order valence-corrected chi connectivity index (χ2v) is 10.4. The standard InChI is InChI=1S/C29H39FN4O3/c1-3-29(30,4-2)20-33-16-13-21(14-17-33)19-37-24-11-12-25(32-18-24)22-7-9-23(10-8-22)28(36)34-15-5-6-26(34)27(31)35/h7-12,18,21,26H,3-6,13-17,19-20H2,1-2H3,(H2,31,35)/t26-/m0/s1. The number of rotatable bonds is 10. The molecule has 2 aliphatic heterocycles.